The van der Waals surface area contributed by atoms with Crippen molar-refractivity contribution in [3.63, 3.8) is 0 Å². The highest BCUT2D eigenvalue weighted by Crippen LogP contribution is 2.27. The van der Waals surface area contributed by atoms with Gasteiger partial charge < -0.3 is 20.1 Å². The van der Waals surface area contributed by atoms with Crippen LogP contribution in [0.2, 0.25) is 5.02 Å². The molecule has 0 spiro atoms. The first-order chi connectivity index (χ1) is 12.6. The number of halogens is 1. The molecule has 2 aromatic rings. The van der Waals surface area contributed by atoms with Crippen LogP contribution in [0.5, 0.6) is 11.5 Å². The number of nitriles is 1. The summed E-state index contributed by atoms with van der Waals surface area (Å²) in [5.41, 5.74) is 1.32. The first-order valence-electron chi connectivity index (χ1n) is 7.98. The molecule has 0 saturated carbocycles. The molecule has 2 rings (SSSR count). The Bertz CT molecular complexity index is 805. The second kappa shape index (κ2) is 9.54. The number of ether oxygens (including phenoxy) is 2. The molecule has 2 N–H and O–H groups in total. The predicted molar refractivity (Wildman–Crippen MR) is 101 cm³/mol. The van der Waals surface area contributed by atoms with Crippen molar-refractivity contribution in [3.05, 3.63) is 53.1 Å². The Labute approximate surface area is 157 Å². The van der Waals surface area contributed by atoms with Gasteiger partial charge >= 0.3 is 0 Å². The summed E-state index contributed by atoms with van der Waals surface area (Å²) >= 11 is 5.98. The lowest BCUT2D eigenvalue weighted by molar-refractivity contribution is -0.121. The smallest absolute Gasteiger partial charge is 0.223 e. The van der Waals surface area contributed by atoms with Gasteiger partial charge in [0.2, 0.25) is 5.91 Å². The van der Waals surface area contributed by atoms with E-state index in [0.29, 0.717) is 34.3 Å². The van der Waals surface area contributed by atoms with Crippen LogP contribution in [-0.2, 0) is 4.79 Å². The molecule has 2 aromatic carbocycles. The van der Waals surface area contributed by atoms with Gasteiger partial charge in [-0.05, 0) is 24.3 Å². The Morgan fingerprint density at radius 2 is 1.92 bits per heavy atom. The van der Waals surface area contributed by atoms with Gasteiger partial charge in [-0.25, -0.2) is 0 Å². The van der Waals surface area contributed by atoms with E-state index in [4.69, 9.17) is 21.1 Å². The number of methoxy groups -OCH3 is 2. The average Bonchev–Trinajstić information content (AvgIpc) is 2.66. The number of carbonyl (C=O) groups is 1. The topological polar surface area (TPSA) is 83.4 Å². The summed E-state index contributed by atoms with van der Waals surface area (Å²) in [5, 5.41) is 15.8. The number of nitrogens with zero attached hydrogens (tertiary/aromatic N) is 1. The molecule has 7 heteroatoms. The molecule has 0 fully saturated rings. The van der Waals surface area contributed by atoms with Crippen molar-refractivity contribution >= 4 is 23.2 Å². The van der Waals surface area contributed by atoms with Gasteiger partial charge in [0, 0.05) is 23.6 Å². The van der Waals surface area contributed by atoms with Crippen LogP contribution in [0, 0.1) is 11.3 Å². The SMILES string of the molecule is COc1ccc(Cl)cc1NCCC(=O)NC(C#N)c1ccccc1OC. The molecule has 26 heavy (non-hydrogen) atoms. The zero-order chi connectivity index (χ0) is 18.9. The van der Waals surface area contributed by atoms with Crippen LogP contribution in [-0.4, -0.2) is 26.7 Å². The number of hydrogen-bond acceptors (Lipinski definition) is 5. The minimum atomic E-state index is -0.778. The largest absolute Gasteiger partial charge is 0.496 e. The Morgan fingerprint density at radius 3 is 2.62 bits per heavy atom. The number of rotatable bonds is 8. The third kappa shape index (κ3) is 5.04. The summed E-state index contributed by atoms with van der Waals surface area (Å²) in [7, 11) is 3.09. The fraction of sp³-hybridized carbons (Fsp3) is 0.263. The van der Waals surface area contributed by atoms with Crippen molar-refractivity contribution in [2.24, 2.45) is 0 Å². The number of anilines is 1. The van der Waals surface area contributed by atoms with Crippen LogP contribution in [0.1, 0.15) is 18.0 Å². The van der Waals surface area contributed by atoms with E-state index in [1.54, 1.807) is 49.6 Å². The Hall–Kier alpha value is -2.91. The van der Waals surface area contributed by atoms with Gasteiger partial charge in [0.1, 0.15) is 17.5 Å². The van der Waals surface area contributed by atoms with E-state index in [1.807, 2.05) is 0 Å². The number of carbonyl (C=O) groups excluding carboxylic acids is 1. The van der Waals surface area contributed by atoms with E-state index >= 15 is 0 Å². The number of para-hydroxylation sites is 1. The van der Waals surface area contributed by atoms with Gasteiger partial charge in [-0.1, -0.05) is 29.8 Å². The van der Waals surface area contributed by atoms with Crippen molar-refractivity contribution < 1.29 is 14.3 Å². The zero-order valence-electron chi connectivity index (χ0n) is 14.6. The molecule has 1 atom stereocenters. The number of nitrogens with one attached hydrogen (secondary N) is 2. The molecule has 0 radical (unpaired) electrons. The van der Waals surface area contributed by atoms with Crippen molar-refractivity contribution in [3.8, 4) is 17.6 Å². The van der Waals surface area contributed by atoms with E-state index in [1.165, 1.54) is 7.11 Å². The maximum absolute atomic E-state index is 12.2. The lowest BCUT2D eigenvalue weighted by Crippen LogP contribution is -2.29. The van der Waals surface area contributed by atoms with Gasteiger partial charge in [-0.15, -0.1) is 0 Å². The van der Waals surface area contributed by atoms with Crippen molar-refractivity contribution in [1.29, 1.82) is 5.26 Å². The van der Waals surface area contributed by atoms with E-state index in [0.717, 1.165) is 0 Å². The molecular formula is C19H20ClN3O3. The van der Waals surface area contributed by atoms with Gasteiger partial charge in [-0.3, -0.25) is 4.79 Å². The quantitative estimate of drug-likeness (QED) is 0.739. The zero-order valence-corrected chi connectivity index (χ0v) is 15.3. The lowest BCUT2D eigenvalue weighted by Gasteiger charge is -2.16. The third-order valence-corrected chi connectivity index (χ3v) is 3.95. The summed E-state index contributed by atoms with van der Waals surface area (Å²) in [5.74, 6) is 0.941. The molecule has 0 heterocycles. The number of amides is 1. The molecule has 0 bridgehead atoms. The predicted octanol–water partition coefficient (Wildman–Crippen LogP) is 3.54. The lowest BCUT2D eigenvalue weighted by atomic mass is 10.1. The van der Waals surface area contributed by atoms with Gasteiger partial charge in [0.15, 0.2) is 0 Å². The van der Waals surface area contributed by atoms with E-state index in [2.05, 4.69) is 16.7 Å². The monoisotopic (exact) mass is 373 g/mol. The first-order valence-corrected chi connectivity index (χ1v) is 8.36. The summed E-state index contributed by atoms with van der Waals surface area (Å²) in [6.45, 7) is 0.368. The minimum absolute atomic E-state index is 0.184. The van der Waals surface area contributed by atoms with Crippen LogP contribution in [0.4, 0.5) is 5.69 Å². The molecular weight excluding hydrogens is 354 g/mol. The molecule has 136 valence electrons. The molecule has 0 aliphatic carbocycles. The Morgan fingerprint density at radius 1 is 1.19 bits per heavy atom. The Balaban J connectivity index is 1.94. The maximum atomic E-state index is 12.2. The van der Waals surface area contributed by atoms with Crippen molar-refractivity contribution in [2.45, 2.75) is 12.5 Å². The van der Waals surface area contributed by atoms with Crippen LogP contribution in [0.25, 0.3) is 0 Å². The third-order valence-electron chi connectivity index (χ3n) is 3.71. The fourth-order valence-corrected chi connectivity index (χ4v) is 2.62. The average molecular weight is 374 g/mol. The fourth-order valence-electron chi connectivity index (χ4n) is 2.45. The van der Waals surface area contributed by atoms with Crippen LogP contribution in [0.15, 0.2) is 42.5 Å². The second-order valence-corrected chi connectivity index (χ2v) is 5.83. The highest BCUT2D eigenvalue weighted by molar-refractivity contribution is 6.30. The highest BCUT2D eigenvalue weighted by Gasteiger charge is 2.17. The summed E-state index contributed by atoms with van der Waals surface area (Å²) in [4.78, 5) is 12.2. The van der Waals surface area contributed by atoms with Crippen molar-refractivity contribution in [1.82, 2.24) is 5.32 Å². The van der Waals surface area contributed by atoms with E-state index in [-0.39, 0.29) is 12.3 Å². The minimum Gasteiger partial charge on any atom is -0.496 e. The molecule has 0 aliphatic rings. The van der Waals surface area contributed by atoms with Gasteiger partial charge in [-0.2, -0.15) is 5.26 Å². The highest BCUT2D eigenvalue weighted by atomic mass is 35.5. The van der Waals surface area contributed by atoms with Gasteiger partial charge in [0.05, 0.1) is 26.0 Å². The first kappa shape index (κ1) is 19.4. The number of hydrogen-bond donors (Lipinski definition) is 2. The summed E-state index contributed by atoms with van der Waals surface area (Å²) < 4.78 is 10.5. The summed E-state index contributed by atoms with van der Waals surface area (Å²) in [6.07, 6.45) is 0.184. The van der Waals surface area contributed by atoms with E-state index < -0.39 is 6.04 Å². The molecule has 1 amide bonds. The van der Waals surface area contributed by atoms with Crippen molar-refractivity contribution in [2.75, 3.05) is 26.1 Å². The van der Waals surface area contributed by atoms with Crippen LogP contribution in [0.3, 0.4) is 0 Å². The number of benzene rings is 2. The summed E-state index contributed by atoms with van der Waals surface area (Å²) in [6, 6.07) is 13.6. The second-order valence-electron chi connectivity index (χ2n) is 5.39. The van der Waals surface area contributed by atoms with E-state index in [9.17, 15) is 10.1 Å². The molecule has 6 nitrogen and oxygen atoms in total. The molecule has 0 aliphatic heterocycles. The molecule has 0 aromatic heterocycles. The standard InChI is InChI=1S/C19H20ClN3O3/c1-25-17-6-4-3-5-14(17)16(12-21)23-19(24)9-10-22-15-11-13(20)7-8-18(15)26-2/h3-8,11,16,22H,9-10H2,1-2H3,(H,23,24). The van der Waals surface area contributed by atoms with Crippen LogP contribution >= 0.6 is 11.6 Å². The van der Waals surface area contributed by atoms with Gasteiger partial charge in [0.25, 0.3) is 0 Å². The Kier molecular flexibility index (Phi) is 7.12. The van der Waals surface area contributed by atoms with Crippen LogP contribution < -0.4 is 20.1 Å². The maximum Gasteiger partial charge on any atom is 0.223 e. The normalized spacial score (nSPS) is 11.2. The molecule has 0 saturated heterocycles. The molecule has 1 unspecified atom stereocenters.